The molecule has 0 radical (unpaired) electrons. The molecule has 2 rings (SSSR count). The second-order valence-electron chi connectivity index (χ2n) is 3.21. The molecule has 15 heavy (non-hydrogen) atoms. The molecule has 1 atom stereocenters. The van der Waals surface area contributed by atoms with Gasteiger partial charge in [0.1, 0.15) is 6.10 Å². The van der Waals surface area contributed by atoms with Crippen LogP contribution in [0.15, 0.2) is 36.7 Å². The second-order valence-corrected chi connectivity index (χ2v) is 4.81. The zero-order valence-electron chi connectivity index (χ0n) is 7.74. The van der Waals surface area contributed by atoms with Crippen LogP contribution in [0.3, 0.4) is 0 Å². The molecule has 2 nitrogen and oxygen atoms in total. The van der Waals surface area contributed by atoms with Gasteiger partial charge in [0, 0.05) is 26.5 Å². The van der Waals surface area contributed by atoms with E-state index in [2.05, 4.69) is 27.6 Å². The van der Waals surface area contributed by atoms with E-state index in [1.807, 2.05) is 18.2 Å². The molecule has 0 saturated heterocycles. The number of halogens is 2. The predicted molar refractivity (Wildman–Crippen MR) is 69.0 cm³/mol. The topological polar surface area (TPSA) is 36.0 Å². The van der Waals surface area contributed by atoms with Gasteiger partial charge in [-0.2, -0.15) is 0 Å². The number of aliphatic hydroxyl groups is 1. The lowest BCUT2D eigenvalue weighted by Crippen LogP contribution is -2.00. The van der Waals surface area contributed by atoms with Gasteiger partial charge in [0.25, 0.3) is 0 Å². The van der Waals surface area contributed by atoms with Gasteiger partial charge >= 0.3 is 0 Å². The summed E-state index contributed by atoms with van der Waals surface area (Å²) in [6, 6.07) is 7.35. The lowest BCUT2D eigenvalue weighted by Gasteiger charge is -2.11. The van der Waals surface area contributed by atoms with Crippen LogP contribution < -0.4 is 0 Å². The van der Waals surface area contributed by atoms with Crippen LogP contribution in [0.25, 0.3) is 0 Å². The molecule has 4 heteroatoms. The van der Waals surface area contributed by atoms with E-state index >= 15 is 0 Å². The fourth-order valence-electron chi connectivity index (χ4n) is 1.41. The van der Waals surface area contributed by atoms with Gasteiger partial charge in [0.15, 0.2) is 0 Å². The molecular formula is C11H9ClINO. The Labute approximate surface area is 106 Å². The largest absolute Gasteiger partial charge is 0.384 e. The highest BCUT2D eigenvalue weighted by Gasteiger charge is 2.14. The summed E-state index contributed by atoms with van der Waals surface area (Å²) in [5.41, 5.74) is 1.68. The van der Waals surface area contributed by atoms with E-state index in [-0.39, 0.29) is 0 Å². The maximum atomic E-state index is 10.1. The molecule has 2 aromatic rings. The van der Waals surface area contributed by atoms with Crippen LogP contribution in [0, 0.1) is 3.57 Å². The fourth-order valence-corrected chi connectivity index (χ4v) is 2.22. The van der Waals surface area contributed by atoms with Crippen LogP contribution in [0.5, 0.6) is 0 Å². The Bertz CT molecular complexity index is 456. The summed E-state index contributed by atoms with van der Waals surface area (Å²) in [5.74, 6) is 0. The highest BCUT2D eigenvalue weighted by Crippen LogP contribution is 2.28. The first-order valence-electron chi connectivity index (χ1n) is 4.44. The smallest absolute Gasteiger partial charge is 0.107 e. The zero-order chi connectivity index (χ0) is 10.8. The summed E-state index contributed by atoms with van der Waals surface area (Å²) in [6.45, 7) is 0. The molecule has 0 bridgehead atoms. The molecule has 0 saturated carbocycles. The zero-order valence-corrected chi connectivity index (χ0v) is 10.7. The van der Waals surface area contributed by atoms with Crippen molar-refractivity contribution in [3.63, 3.8) is 0 Å². The summed E-state index contributed by atoms with van der Waals surface area (Å²) in [6.07, 6.45) is 2.94. The van der Waals surface area contributed by atoms with E-state index in [1.54, 1.807) is 18.5 Å². The average Bonchev–Trinajstić information content (AvgIpc) is 2.74. The molecule has 2 N–H and O–H groups in total. The van der Waals surface area contributed by atoms with Gasteiger partial charge in [-0.05, 0) is 52.4 Å². The van der Waals surface area contributed by atoms with Crippen molar-refractivity contribution in [3.05, 3.63) is 56.4 Å². The normalized spacial score (nSPS) is 12.7. The fraction of sp³-hybridized carbons (Fsp3) is 0.0909. The lowest BCUT2D eigenvalue weighted by atomic mass is 10.0. The molecule has 0 aliphatic carbocycles. The van der Waals surface area contributed by atoms with Gasteiger partial charge in [-0.1, -0.05) is 11.6 Å². The number of hydrogen-bond donors (Lipinski definition) is 2. The number of benzene rings is 1. The van der Waals surface area contributed by atoms with Crippen molar-refractivity contribution in [2.75, 3.05) is 0 Å². The van der Waals surface area contributed by atoms with Gasteiger partial charge in [0.05, 0.1) is 0 Å². The van der Waals surface area contributed by atoms with Crippen molar-refractivity contribution in [1.29, 1.82) is 0 Å². The van der Waals surface area contributed by atoms with Crippen LogP contribution in [0.4, 0.5) is 0 Å². The third kappa shape index (κ3) is 2.35. The quantitative estimate of drug-likeness (QED) is 0.812. The Morgan fingerprint density at radius 2 is 2.13 bits per heavy atom. The summed E-state index contributed by atoms with van der Waals surface area (Å²) in [5, 5.41) is 10.7. The molecule has 1 aromatic carbocycles. The number of nitrogens with one attached hydrogen (secondary N) is 1. The van der Waals surface area contributed by atoms with Crippen LogP contribution in [-0.4, -0.2) is 10.1 Å². The van der Waals surface area contributed by atoms with Gasteiger partial charge in [0.2, 0.25) is 0 Å². The third-order valence-corrected chi connectivity index (χ3v) is 3.41. The van der Waals surface area contributed by atoms with Gasteiger partial charge in [-0.3, -0.25) is 0 Å². The predicted octanol–water partition coefficient (Wildman–Crippen LogP) is 3.35. The van der Waals surface area contributed by atoms with Crippen LogP contribution in [0.1, 0.15) is 17.2 Å². The van der Waals surface area contributed by atoms with Crippen LogP contribution >= 0.6 is 34.2 Å². The first-order valence-corrected chi connectivity index (χ1v) is 5.90. The summed E-state index contributed by atoms with van der Waals surface area (Å²) in [4.78, 5) is 2.92. The summed E-state index contributed by atoms with van der Waals surface area (Å²) < 4.78 is 1.01. The van der Waals surface area contributed by atoms with E-state index in [0.29, 0.717) is 5.02 Å². The first kappa shape index (κ1) is 11.0. The number of rotatable bonds is 2. The molecule has 1 unspecified atom stereocenters. The first-order chi connectivity index (χ1) is 7.18. The van der Waals surface area contributed by atoms with E-state index in [0.717, 1.165) is 14.7 Å². The Balaban J connectivity index is 2.41. The summed E-state index contributed by atoms with van der Waals surface area (Å²) in [7, 11) is 0. The number of H-pyrrole nitrogens is 1. The molecule has 0 aliphatic rings. The average molecular weight is 334 g/mol. The molecule has 0 spiro atoms. The molecule has 78 valence electrons. The van der Waals surface area contributed by atoms with Crippen molar-refractivity contribution in [2.24, 2.45) is 0 Å². The standard InChI is InChI=1S/C11H9ClINO/c12-8-1-2-10(13)9(5-8)11(15)7-3-4-14-6-7/h1-6,11,14-15H. The van der Waals surface area contributed by atoms with Crippen molar-refractivity contribution in [3.8, 4) is 0 Å². The SMILES string of the molecule is OC(c1cc[nH]c1)c1cc(Cl)ccc1I. The van der Waals surface area contributed by atoms with Gasteiger partial charge in [-0.25, -0.2) is 0 Å². The highest BCUT2D eigenvalue weighted by atomic mass is 127. The third-order valence-electron chi connectivity index (χ3n) is 2.19. The maximum absolute atomic E-state index is 10.1. The van der Waals surface area contributed by atoms with Crippen molar-refractivity contribution in [2.45, 2.75) is 6.10 Å². The molecule has 1 aromatic heterocycles. The molecule has 0 amide bonds. The second kappa shape index (κ2) is 4.55. The van der Waals surface area contributed by atoms with Crippen molar-refractivity contribution in [1.82, 2.24) is 4.98 Å². The monoisotopic (exact) mass is 333 g/mol. The van der Waals surface area contributed by atoms with E-state index in [9.17, 15) is 5.11 Å². The van der Waals surface area contributed by atoms with Gasteiger partial charge < -0.3 is 10.1 Å². The Morgan fingerprint density at radius 3 is 2.80 bits per heavy atom. The van der Waals surface area contributed by atoms with Crippen LogP contribution in [0.2, 0.25) is 5.02 Å². The summed E-state index contributed by atoms with van der Waals surface area (Å²) >= 11 is 8.09. The van der Waals surface area contributed by atoms with Crippen molar-refractivity contribution >= 4 is 34.2 Å². The minimum absolute atomic E-state index is 0.623. The molecular weight excluding hydrogens is 324 g/mol. The van der Waals surface area contributed by atoms with Crippen LogP contribution in [-0.2, 0) is 0 Å². The van der Waals surface area contributed by atoms with E-state index in [1.165, 1.54) is 0 Å². The maximum Gasteiger partial charge on any atom is 0.107 e. The number of hydrogen-bond acceptors (Lipinski definition) is 1. The minimum atomic E-state index is -0.623. The Kier molecular flexibility index (Phi) is 3.33. The number of aromatic nitrogens is 1. The number of aromatic amines is 1. The van der Waals surface area contributed by atoms with Gasteiger partial charge in [-0.15, -0.1) is 0 Å². The van der Waals surface area contributed by atoms with E-state index < -0.39 is 6.10 Å². The highest BCUT2D eigenvalue weighted by molar-refractivity contribution is 14.1. The Hall–Kier alpha value is -0.520. The number of aliphatic hydroxyl groups excluding tert-OH is 1. The van der Waals surface area contributed by atoms with E-state index in [4.69, 9.17) is 11.6 Å². The van der Waals surface area contributed by atoms with Crippen molar-refractivity contribution < 1.29 is 5.11 Å². The molecule has 1 heterocycles. The lowest BCUT2D eigenvalue weighted by molar-refractivity contribution is 0.219. The Morgan fingerprint density at radius 1 is 1.33 bits per heavy atom. The molecule has 0 aliphatic heterocycles. The minimum Gasteiger partial charge on any atom is -0.384 e. The molecule has 0 fully saturated rings.